The van der Waals surface area contributed by atoms with Crippen molar-refractivity contribution in [3.63, 3.8) is 0 Å². The van der Waals surface area contributed by atoms with Crippen molar-refractivity contribution in [2.24, 2.45) is 0 Å². The van der Waals surface area contributed by atoms with Crippen LogP contribution >= 0.6 is 0 Å². The van der Waals surface area contributed by atoms with Crippen LogP contribution in [0.2, 0.25) is 0 Å². The van der Waals surface area contributed by atoms with Gasteiger partial charge in [-0.15, -0.1) is 0 Å². The van der Waals surface area contributed by atoms with Gasteiger partial charge in [0.15, 0.2) is 11.5 Å². The summed E-state index contributed by atoms with van der Waals surface area (Å²) in [5, 5.41) is 0. The second-order valence-corrected chi connectivity index (χ2v) is 8.86. The Bertz CT molecular complexity index is 1390. The number of sulfonamides is 1. The Morgan fingerprint density at radius 3 is 2.24 bits per heavy atom. The lowest BCUT2D eigenvalue weighted by Crippen LogP contribution is -2.12. The van der Waals surface area contributed by atoms with E-state index in [0.29, 0.717) is 6.07 Å². The lowest BCUT2D eigenvalue weighted by Gasteiger charge is -2.12. The highest BCUT2D eigenvalue weighted by Gasteiger charge is 2.34. The van der Waals surface area contributed by atoms with Gasteiger partial charge in [0.1, 0.15) is 11.4 Å². The Morgan fingerprint density at radius 2 is 1.62 bits per heavy atom. The number of aryl methyl sites for hydroxylation is 1. The molecule has 0 atom stereocenters. The zero-order chi connectivity index (χ0) is 24.3. The van der Waals surface area contributed by atoms with Crippen molar-refractivity contribution in [3.05, 3.63) is 90.3 Å². The van der Waals surface area contributed by atoms with Gasteiger partial charge < -0.3 is 4.74 Å². The zero-order valence-electron chi connectivity index (χ0n) is 17.6. The summed E-state index contributed by atoms with van der Waals surface area (Å²) in [5.74, 6) is -0.430. The summed E-state index contributed by atoms with van der Waals surface area (Å²) in [7, 11) is -3.80. The van der Waals surface area contributed by atoms with Crippen molar-refractivity contribution in [2.45, 2.75) is 18.0 Å². The van der Waals surface area contributed by atoms with Crippen LogP contribution in [0.3, 0.4) is 0 Å². The largest absolute Gasteiger partial charge is 0.439 e. The minimum absolute atomic E-state index is 0.0983. The summed E-state index contributed by atoms with van der Waals surface area (Å²) in [4.78, 5) is 11.7. The summed E-state index contributed by atoms with van der Waals surface area (Å²) in [5.41, 5.74) is 0.144. The van der Waals surface area contributed by atoms with Gasteiger partial charge in [-0.2, -0.15) is 18.2 Å². The summed E-state index contributed by atoms with van der Waals surface area (Å²) in [6, 6.07) is 17.4. The summed E-state index contributed by atoms with van der Waals surface area (Å²) in [6.45, 7) is 1.84. The van der Waals surface area contributed by atoms with Crippen molar-refractivity contribution in [1.29, 1.82) is 0 Å². The Hall–Kier alpha value is -3.99. The fraction of sp³-hybridized carbons (Fsp3) is 0.0870. The van der Waals surface area contributed by atoms with Crippen molar-refractivity contribution < 1.29 is 26.3 Å². The van der Waals surface area contributed by atoms with Gasteiger partial charge in [0.2, 0.25) is 5.88 Å². The highest BCUT2D eigenvalue weighted by atomic mass is 32.2. The minimum Gasteiger partial charge on any atom is -0.439 e. The van der Waals surface area contributed by atoms with Crippen molar-refractivity contribution in [1.82, 2.24) is 15.0 Å². The molecule has 0 bridgehead atoms. The van der Waals surface area contributed by atoms with Crippen LogP contribution in [0, 0.1) is 6.92 Å². The van der Waals surface area contributed by atoms with Crippen LogP contribution in [0.1, 0.15) is 11.3 Å². The maximum absolute atomic E-state index is 13.3. The van der Waals surface area contributed by atoms with Gasteiger partial charge in [-0.1, -0.05) is 23.8 Å². The molecule has 2 aromatic heterocycles. The molecule has 0 aliphatic rings. The Balaban J connectivity index is 1.57. The second-order valence-electron chi connectivity index (χ2n) is 7.17. The topological polar surface area (TPSA) is 94.1 Å². The number of nitrogens with one attached hydrogen (secondary N) is 1. The third-order valence-corrected chi connectivity index (χ3v) is 5.94. The van der Waals surface area contributed by atoms with Gasteiger partial charge in [-0.05, 0) is 55.5 Å². The monoisotopic (exact) mass is 486 g/mol. The Morgan fingerprint density at radius 1 is 0.912 bits per heavy atom. The lowest BCUT2D eigenvalue weighted by molar-refractivity contribution is -0.141. The number of pyridine rings is 1. The summed E-state index contributed by atoms with van der Waals surface area (Å²) >= 11 is 0. The molecule has 11 heteroatoms. The first kappa shape index (κ1) is 23.2. The minimum atomic E-state index is -4.72. The molecule has 7 nitrogen and oxygen atoms in total. The van der Waals surface area contributed by atoms with E-state index in [4.69, 9.17) is 4.74 Å². The van der Waals surface area contributed by atoms with Gasteiger partial charge in [0.05, 0.1) is 4.90 Å². The van der Waals surface area contributed by atoms with Crippen LogP contribution in [0.25, 0.3) is 11.5 Å². The zero-order valence-corrected chi connectivity index (χ0v) is 18.4. The highest BCUT2D eigenvalue weighted by Crippen LogP contribution is 2.32. The Kier molecular flexibility index (Phi) is 6.20. The van der Waals surface area contributed by atoms with E-state index in [1.807, 2.05) is 6.92 Å². The quantitative estimate of drug-likeness (QED) is 0.389. The number of halogens is 3. The number of benzene rings is 2. The fourth-order valence-electron chi connectivity index (χ4n) is 2.88. The molecule has 4 aromatic rings. The SMILES string of the molecule is Cc1ccc(S(=O)(=O)Nc2ccc(Oc3cc(C(F)(F)F)nc(-c4ccccn4)n3)cc2)cc1. The molecule has 0 saturated heterocycles. The molecule has 4 rings (SSSR count). The predicted molar refractivity (Wildman–Crippen MR) is 119 cm³/mol. The van der Waals surface area contributed by atoms with Crippen LogP contribution in [-0.4, -0.2) is 23.4 Å². The van der Waals surface area contributed by atoms with Gasteiger partial charge in [0, 0.05) is 18.0 Å². The highest BCUT2D eigenvalue weighted by molar-refractivity contribution is 7.92. The first-order valence-corrected chi connectivity index (χ1v) is 11.3. The number of anilines is 1. The average molecular weight is 486 g/mol. The smallest absolute Gasteiger partial charge is 0.433 e. The van der Waals surface area contributed by atoms with Crippen molar-refractivity contribution in [3.8, 4) is 23.1 Å². The van der Waals surface area contributed by atoms with Crippen LogP contribution in [-0.2, 0) is 16.2 Å². The van der Waals surface area contributed by atoms with E-state index in [1.165, 1.54) is 48.7 Å². The number of hydrogen-bond acceptors (Lipinski definition) is 6. The molecule has 1 N–H and O–H groups in total. The average Bonchev–Trinajstić information content (AvgIpc) is 2.80. The first-order chi connectivity index (χ1) is 16.1. The van der Waals surface area contributed by atoms with Crippen LogP contribution in [0.15, 0.2) is 83.9 Å². The lowest BCUT2D eigenvalue weighted by atomic mass is 10.2. The number of alkyl halides is 3. The second kappa shape index (κ2) is 9.10. The van der Waals surface area contributed by atoms with Crippen molar-refractivity contribution in [2.75, 3.05) is 4.72 Å². The molecule has 0 aliphatic carbocycles. The number of nitrogens with zero attached hydrogens (tertiary/aromatic N) is 3. The van der Waals surface area contributed by atoms with Gasteiger partial charge in [0.25, 0.3) is 10.0 Å². The molecule has 0 aliphatic heterocycles. The van der Waals surface area contributed by atoms with Crippen LogP contribution in [0.4, 0.5) is 18.9 Å². The molecular formula is C23H17F3N4O3S. The third-order valence-electron chi connectivity index (χ3n) is 4.55. The van der Waals surface area contributed by atoms with E-state index in [9.17, 15) is 21.6 Å². The van der Waals surface area contributed by atoms with Gasteiger partial charge in [-0.25, -0.2) is 13.4 Å². The Labute approximate surface area is 193 Å². The molecule has 34 heavy (non-hydrogen) atoms. The standard InChI is InChI=1S/C23H17F3N4O3S/c1-15-5-11-18(12-6-15)34(31,32)30-16-7-9-17(10-8-16)33-21-14-20(23(24,25)26)28-22(29-21)19-4-2-3-13-27-19/h2-14,30H,1H3. The first-order valence-electron chi connectivity index (χ1n) is 9.85. The number of ether oxygens (including phenoxy) is 1. The van der Waals surface area contributed by atoms with E-state index in [2.05, 4.69) is 19.7 Å². The molecule has 0 radical (unpaired) electrons. The third kappa shape index (κ3) is 5.49. The molecule has 0 saturated carbocycles. The molecule has 0 amide bonds. The molecule has 0 fully saturated rings. The summed E-state index contributed by atoms with van der Waals surface area (Å²) < 4.78 is 73.0. The molecule has 174 valence electrons. The van der Waals surface area contributed by atoms with E-state index in [0.717, 1.165) is 5.56 Å². The molecular weight excluding hydrogens is 469 g/mol. The predicted octanol–water partition coefficient (Wildman–Crippen LogP) is 5.46. The van der Waals surface area contributed by atoms with Crippen LogP contribution in [0.5, 0.6) is 11.6 Å². The van der Waals surface area contributed by atoms with E-state index < -0.39 is 21.9 Å². The fourth-order valence-corrected chi connectivity index (χ4v) is 3.93. The molecule has 0 spiro atoms. The van der Waals surface area contributed by atoms with Crippen LogP contribution < -0.4 is 9.46 Å². The maximum atomic E-state index is 13.3. The van der Waals surface area contributed by atoms with Gasteiger partial charge in [-0.3, -0.25) is 9.71 Å². The van der Waals surface area contributed by atoms with Crippen molar-refractivity contribution >= 4 is 15.7 Å². The van der Waals surface area contributed by atoms with E-state index >= 15 is 0 Å². The van der Waals surface area contributed by atoms with E-state index in [-0.39, 0.29) is 33.7 Å². The number of rotatable bonds is 6. The molecule has 2 heterocycles. The molecule has 0 unspecified atom stereocenters. The summed E-state index contributed by atoms with van der Waals surface area (Å²) in [6.07, 6.45) is -3.31. The molecule has 2 aromatic carbocycles. The maximum Gasteiger partial charge on any atom is 0.433 e. The number of aromatic nitrogens is 3. The number of hydrogen-bond donors (Lipinski definition) is 1. The van der Waals surface area contributed by atoms with Gasteiger partial charge >= 0.3 is 6.18 Å². The van der Waals surface area contributed by atoms with E-state index in [1.54, 1.807) is 24.3 Å². The normalized spacial score (nSPS) is 11.8.